The molecule has 3 aliphatic rings. The van der Waals surface area contributed by atoms with E-state index in [9.17, 15) is 9.59 Å². The van der Waals surface area contributed by atoms with Gasteiger partial charge in [0.2, 0.25) is 11.8 Å². The molecule has 0 bridgehead atoms. The second kappa shape index (κ2) is 11.9. The fraction of sp³-hybridized carbons (Fsp3) is 0.704. The van der Waals surface area contributed by atoms with Crippen molar-refractivity contribution < 1.29 is 14.3 Å². The van der Waals surface area contributed by atoms with Crippen LogP contribution >= 0.6 is 0 Å². The summed E-state index contributed by atoms with van der Waals surface area (Å²) in [6, 6.07) is 8.17. The van der Waals surface area contributed by atoms with E-state index in [1.54, 1.807) is 12.0 Å². The third-order valence-corrected chi connectivity index (χ3v) is 7.88. The highest BCUT2D eigenvalue weighted by Gasteiger charge is 2.34. The third kappa shape index (κ3) is 6.08. The maximum Gasteiger partial charge on any atom is 0.232 e. The fourth-order valence-corrected chi connectivity index (χ4v) is 5.81. The Kier molecular flexibility index (Phi) is 8.65. The van der Waals surface area contributed by atoms with Gasteiger partial charge in [-0.1, -0.05) is 50.7 Å². The molecule has 2 saturated carbocycles. The first kappa shape index (κ1) is 24.1. The molecular formula is C27H41N3O3. The van der Waals surface area contributed by atoms with Crippen molar-refractivity contribution in [3.05, 3.63) is 24.3 Å². The van der Waals surface area contributed by atoms with Crippen LogP contribution in [0.25, 0.3) is 0 Å². The van der Waals surface area contributed by atoms with Crippen molar-refractivity contribution in [3.8, 4) is 5.75 Å². The van der Waals surface area contributed by atoms with E-state index >= 15 is 0 Å². The van der Waals surface area contributed by atoms with E-state index in [2.05, 4.69) is 21.9 Å². The molecule has 4 rings (SSSR count). The highest BCUT2D eigenvalue weighted by molar-refractivity contribution is 5.97. The van der Waals surface area contributed by atoms with Crippen LogP contribution in [0.2, 0.25) is 0 Å². The van der Waals surface area contributed by atoms with Gasteiger partial charge < -0.3 is 9.64 Å². The quantitative estimate of drug-likeness (QED) is 0.573. The number of hydrogen-bond donors (Lipinski definition) is 0. The van der Waals surface area contributed by atoms with Crippen LogP contribution in [0, 0.1) is 11.8 Å². The van der Waals surface area contributed by atoms with Gasteiger partial charge in [-0.2, -0.15) is 0 Å². The summed E-state index contributed by atoms with van der Waals surface area (Å²) in [5.74, 6) is 1.23. The Hall–Kier alpha value is -2.08. The SMILES string of the molecule is COc1ccccc1N1CCN(CCN(C(=O)C2CCCCC2)C(=O)C2CCCCC2)CC1. The van der Waals surface area contributed by atoms with Crippen LogP contribution in [0.1, 0.15) is 64.2 Å². The molecule has 1 aromatic rings. The molecule has 1 aliphatic heterocycles. The van der Waals surface area contributed by atoms with Gasteiger partial charge in [0, 0.05) is 51.1 Å². The number of hydrogen-bond acceptors (Lipinski definition) is 5. The lowest BCUT2D eigenvalue weighted by atomic mass is 9.86. The molecule has 1 aromatic carbocycles. The lowest BCUT2D eigenvalue weighted by Crippen LogP contribution is -2.51. The second-order valence-electron chi connectivity index (χ2n) is 10.00. The Labute approximate surface area is 199 Å². The van der Waals surface area contributed by atoms with Gasteiger partial charge >= 0.3 is 0 Å². The summed E-state index contributed by atoms with van der Waals surface area (Å²) in [6.07, 6.45) is 10.7. The van der Waals surface area contributed by atoms with Gasteiger partial charge in [-0.05, 0) is 37.8 Å². The highest BCUT2D eigenvalue weighted by atomic mass is 16.5. The number of amides is 2. The van der Waals surface area contributed by atoms with E-state index in [4.69, 9.17) is 4.74 Å². The largest absolute Gasteiger partial charge is 0.495 e. The molecule has 33 heavy (non-hydrogen) atoms. The molecule has 3 fully saturated rings. The summed E-state index contributed by atoms with van der Waals surface area (Å²) in [5, 5.41) is 0. The molecule has 0 aromatic heterocycles. The summed E-state index contributed by atoms with van der Waals surface area (Å²) < 4.78 is 5.54. The van der Waals surface area contributed by atoms with Crippen LogP contribution < -0.4 is 9.64 Å². The van der Waals surface area contributed by atoms with E-state index in [1.165, 1.54) is 12.8 Å². The summed E-state index contributed by atoms with van der Waals surface area (Å²) in [4.78, 5) is 33.3. The number of ether oxygens (including phenoxy) is 1. The molecule has 0 N–H and O–H groups in total. The minimum atomic E-state index is 0.0497. The number of methoxy groups -OCH3 is 1. The number of piperazine rings is 1. The normalized spacial score (nSPS) is 21.1. The number of carbonyl (C=O) groups excluding carboxylic acids is 2. The molecule has 0 unspecified atom stereocenters. The topological polar surface area (TPSA) is 53.1 Å². The predicted molar refractivity (Wildman–Crippen MR) is 132 cm³/mol. The summed E-state index contributed by atoms with van der Waals surface area (Å²) in [5.41, 5.74) is 1.14. The first-order valence-corrected chi connectivity index (χ1v) is 13.1. The first-order chi connectivity index (χ1) is 16.2. The van der Waals surface area contributed by atoms with Gasteiger partial charge in [-0.15, -0.1) is 0 Å². The molecule has 0 atom stereocenters. The molecular weight excluding hydrogens is 414 g/mol. The maximum atomic E-state index is 13.4. The number of carbonyl (C=O) groups is 2. The van der Waals surface area contributed by atoms with Gasteiger partial charge in [0.25, 0.3) is 0 Å². The molecule has 1 heterocycles. The van der Waals surface area contributed by atoms with E-state index in [1.807, 2.05) is 12.1 Å². The van der Waals surface area contributed by atoms with Crippen molar-refractivity contribution in [2.24, 2.45) is 11.8 Å². The van der Waals surface area contributed by atoms with Gasteiger partial charge in [-0.3, -0.25) is 19.4 Å². The monoisotopic (exact) mass is 455 g/mol. The number of anilines is 1. The van der Waals surface area contributed by atoms with Crippen molar-refractivity contribution in [2.45, 2.75) is 64.2 Å². The first-order valence-electron chi connectivity index (χ1n) is 13.1. The summed E-state index contributed by atoms with van der Waals surface area (Å²) in [7, 11) is 1.72. The number of para-hydroxylation sites is 2. The zero-order chi connectivity index (χ0) is 23.0. The van der Waals surface area contributed by atoms with Crippen molar-refractivity contribution in [1.82, 2.24) is 9.80 Å². The van der Waals surface area contributed by atoms with Crippen LogP contribution in [-0.2, 0) is 9.59 Å². The molecule has 6 nitrogen and oxygen atoms in total. The fourth-order valence-electron chi connectivity index (χ4n) is 5.81. The zero-order valence-electron chi connectivity index (χ0n) is 20.3. The number of benzene rings is 1. The minimum Gasteiger partial charge on any atom is -0.495 e. The van der Waals surface area contributed by atoms with E-state index in [0.717, 1.165) is 95.5 Å². The lowest BCUT2D eigenvalue weighted by molar-refractivity contribution is -0.151. The van der Waals surface area contributed by atoms with E-state index in [-0.39, 0.29) is 23.7 Å². The summed E-state index contributed by atoms with van der Waals surface area (Å²) >= 11 is 0. The van der Waals surface area contributed by atoms with Crippen molar-refractivity contribution in [2.75, 3.05) is 51.3 Å². The zero-order valence-corrected chi connectivity index (χ0v) is 20.3. The third-order valence-electron chi connectivity index (χ3n) is 7.88. The van der Waals surface area contributed by atoms with Gasteiger partial charge in [0.1, 0.15) is 5.75 Å². The maximum absolute atomic E-state index is 13.4. The van der Waals surface area contributed by atoms with Crippen LogP contribution in [0.3, 0.4) is 0 Å². The second-order valence-corrected chi connectivity index (χ2v) is 10.00. The molecule has 2 amide bonds. The van der Waals surface area contributed by atoms with Crippen LogP contribution in [0.5, 0.6) is 5.75 Å². The number of nitrogens with zero attached hydrogens (tertiary/aromatic N) is 3. The number of imide groups is 1. The van der Waals surface area contributed by atoms with Gasteiger partial charge in [0.05, 0.1) is 12.8 Å². The van der Waals surface area contributed by atoms with E-state index < -0.39 is 0 Å². The molecule has 182 valence electrons. The van der Waals surface area contributed by atoms with E-state index in [0.29, 0.717) is 6.54 Å². The molecule has 2 aliphatic carbocycles. The van der Waals surface area contributed by atoms with Crippen molar-refractivity contribution >= 4 is 17.5 Å². The molecule has 1 saturated heterocycles. The van der Waals surface area contributed by atoms with Crippen LogP contribution in [0.15, 0.2) is 24.3 Å². The van der Waals surface area contributed by atoms with Crippen LogP contribution in [-0.4, -0.2) is 68.0 Å². The van der Waals surface area contributed by atoms with Gasteiger partial charge in [-0.25, -0.2) is 0 Å². The Morgan fingerprint density at radius 1 is 0.848 bits per heavy atom. The summed E-state index contributed by atoms with van der Waals surface area (Å²) in [6.45, 7) is 5.03. The van der Waals surface area contributed by atoms with Gasteiger partial charge in [0.15, 0.2) is 0 Å². The molecule has 0 radical (unpaired) electrons. The standard InChI is InChI=1S/C27H41N3O3/c1-33-25-15-9-8-14-24(25)29-19-16-28(17-20-29)18-21-30(26(31)22-10-4-2-5-11-22)27(32)23-12-6-3-7-13-23/h8-9,14-15,22-23H,2-7,10-13,16-21H2,1H3. The Morgan fingerprint density at radius 3 is 1.94 bits per heavy atom. The molecule has 6 heteroatoms. The average Bonchev–Trinajstić information content (AvgIpc) is 2.90. The lowest BCUT2D eigenvalue weighted by Gasteiger charge is -2.38. The smallest absolute Gasteiger partial charge is 0.232 e. The van der Waals surface area contributed by atoms with Crippen molar-refractivity contribution in [3.63, 3.8) is 0 Å². The Balaban J connectivity index is 1.35. The van der Waals surface area contributed by atoms with Crippen LogP contribution in [0.4, 0.5) is 5.69 Å². The number of rotatable bonds is 7. The minimum absolute atomic E-state index is 0.0497. The van der Waals surface area contributed by atoms with Crippen molar-refractivity contribution in [1.29, 1.82) is 0 Å². The Bertz CT molecular complexity index is 749. The molecule has 0 spiro atoms. The Morgan fingerprint density at radius 2 is 1.39 bits per heavy atom. The average molecular weight is 456 g/mol. The highest BCUT2D eigenvalue weighted by Crippen LogP contribution is 2.30. The predicted octanol–water partition coefficient (Wildman–Crippen LogP) is 4.33.